The van der Waals surface area contributed by atoms with Crippen LogP contribution in [0, 0.1) is 0 Å². The highest BCUT2D eigenvalue weighted by Gasteiger charge is 2.24. The summed E-state index contributed by atoms with van der Waals surface area (Å²) in [5.41, 5.74) is 19.4. The smallest absolute Gasteiger partial charge is 0.143 e. The predicted molar refractivity (Wildman–Crippen MR) is 291 cm³/mol. The van der Waals surface area contributed by atoms with E-state index >= 15 is 0 Å². The van der Waals surface area contributed by atoms with Crippen molar-refractivity contribution in [3.05, 3.63) is 243 Å². The zero-order valence-electron chi connectivity index (χ0n) is 37.8. The fraction of sp³-hybridized carbons (Fsp3) is 0. The number of aromatic nitrogens is 2. The van der Waals surface area contributed by atoms with E-state index in [0.717, 1.165) is 99.3 Å². The first-order chi connectivity index (χ1) is 34.7. The molecule has 4 heterocycles. The summed E-state index contributed by atoms with van der Waals surface area (Å²) in [6.07, 6.45) is 0. The van der Waals surface area contributed by atoms with Crippen molar-refractivity contribution in [1.29, 1.82) is 0 Å². The highest BCUT2D eigenvalue weighted by Crippen LogP contribution is 2.47. The van der Waals surface area contributed by atoms with Crippen LogP contribution in [-0.2, 0) is 0 Å². The Morgan fingerprint density at radius 3 is 1.10 bits per heavy atom. The van der Waals surface area contributed by atoms with Gasteiger partial charge in [0.25, 0.3) is 0 Å². The van der Waals surface area contributed by atoms with E-state index in [1.165, 1.54) is 44.1 Å². The molecular formula is C66H40N2O2. The Morgan fingerprint density at radius 2 is 0.629 bits per heavy atom. The SMILES string of the molecule is c1ccc(-c2ccc3c(c2)c2cc(-c4ccccc4)ccc2n3-c2ccc(-n3c4cccc(-c5cccc6c5oc5ccccc56)c4c4c(-c5cccc6c5oc5ccccc56)cccc43)cc2)cc1. The topological polar surface area (TPSA) is 36.1 Å². The summed E-state index contributed by atoms with van der Waals surface area (Å²) >= 11 is 0. The van der Waals surface area contributed by atoms with Crippen molar-refractivity contribution in [2.24, 2.45) is 0 Å². The second-order valence-corrected chi connectivity index (χ2v) is 18.3. The molecule has 0 fully saturated rings. The molecule has 0 amide bonds. The van der Waals surface area contributed by atoms with Crippen LogP contribution < -0.4 is 0 Å². The molecule has 0 spiro atoms. The monoisotopic (exact) mass is 892 g/mol. The molecule has 4 nitrogen and oxygen atoms in total. The van der Waals surface area contributed by atoms with Crippen molar-refractivity contribution < 1.29 is 8.83 Å². The lowest BCUT2D eigenvalue weighted by Gasteiger charge is -2.12. The van der Waals surface area contributed by atoms with Crippen LogP contribution in [0.5, 0.6) is 0 Å². The van der Waals surface area contributed by atoms with Gasteiger partial charge in [0, 0.05) is 65.6 Å². The molecule has 4 heteroatoms. The van der Waals surface area contributed by atoms with Crippen molar-refractivity contribution in [1.82, 2.24) is 9.13 Å². The van der Waals surface area contributed by atoms with Crippen LogP contribution in [0.1, 0.15) is 0 Å². The van der Waals surface area contributed by atoms with Gasteiger partial charge in [-0.1, -0.05) is 170 Å². The molecule has 0 bridgehead atoms. The maximum Gasteiger partial charge on any atom is 0.143 e. The molecule has 4 aromatic heterocycles. The fourth-order valence-corrected chi connectivity index (χ4v) is 11.4. The lowest BCUT2D eigenvalue weighted by atomic mass is 9.93. The average molecular weight is 893 g/mol. The van der Waals surface area contributed by atoms with Gasteiger partial charge in [-0.2, -0.15) is 0 Å². The molecule has 15 aromatic rings. The molecule has 70 heavy (non-hydrogen) atoms. The molecule has 0 aliphatic carbocycles. The van der Waals surface area contributed by atoms with Gasteiger partial charge in [0.15, 0.2) is 0 Å². The summed E-state index contributed by atoms with van der Waals surface area (Å²) in [4.78, 5) is 0. The van der Waals surface area contributed by atoms with Crippen molar-refractivity contribution >= 4 is 87.5 Å². The number of hydrogen-bond donors (Lipinski definition) is 0. The zero-order valence-corrected chi connectivity index (χ0v) is 37.8. The van der Waals surface area contributed by atoms with Crippen LogP contribution in [0.15, 0.2) is 251 Å². The van der Waals surface area contributed by atoms with E-state index in [9.17, 15) is 0 Å². The Kier molecular flexibility index (Phi) is 8.33. The predicted octanol–water partition coefficient (Wildman–Crippen LogP) is 18.3. The molecule has 0 saturated carbocycles. The van der Waals surface area contributed by atoms with E-state index < -0.39 is 0 Å². The second-order valence-electron chi connectivity index (χ2n) is 18.3. The maximum absolute atomic E-state index is 6.74. The Hall–Kier alpha value is -9.38. The maximum atomic E-state index is 6.74. The van der Waals surface area contributed by atoms with E-state index in [2.05, 4.69) is 240 Å². The highest BCUT2D eigenvalue weighted by atomic mass is 16.3. The largest absolute Gasteiger partial charge is 0.455 e. The first-order valence-corrected chi connectivity index (χ1v) is 23.9. The average Bonchev–Trinajstić information content (AvgIpc) is 4.19. The van der Waals surface area contributed by atoms with Crippen molar-refractivity contribution in [2.75, 3.05) is 0 Å². The zero-order chi connectivity index (χ0) is 45.9. The molecule has 0 unspecified atom stereocenters. The molecule has 11 aromatic carbocycles. The van der Waals surface area contributed by atoms with Gasteiger partial charge < -0.3 is 18.0 Å². The number of fused-ring (bicyclic) bond motifs is 12. The molecule has 0 aliphatic rings. The Morgan fingerprint density at radius 1 is 0.243 bits per heavy atom. The molecule has 0 radical (unpaired) electrons. The molecule has 15 rings (SSSR count). The molecule has 0 N–H and O–H groups in total. The Labute approximate surface area is 402 Å². The van der Waals surface area contributed by atoms with Crippen LogP contribution in [0.2, 0.25) is 0 Å². The van der Waals surface area contributed by atoms with Crippen molar-refractivity contribution in [2.45, 2.75) is 0 Å². The van der Waals surface area contributed by atoms with E-state index in [-0.39, 0.29) is 0 Å². The summed E-state index contributed by atoms with van der Waals surface area (Å²) in [7, 11) is 0. The third-order valence-corrected chi connectivity index (χ3v) is 14.6. The minimum atomic E-state index is 0.883. The summed E-state index contributed by atoms with van der Waals surface area (Å²) < 4.78 is 18.3. The van der Waals surface area contributed by atoms with Gasteiger partial charge >= 0.3 is 0 Å². The molecule has 326 valence electrons. The van der Waals surface area contributed by atoms with Gasteiger partial charge in [0.2, 0.25) is 0 Å². The lowest BCUT2D eigenvalue weighted by molar-refractivity contribution is 0.669. The van der Waals surface area contributed by atoms with Crippen molar-refractivity contribution in [3.8, 4) is 55.9 Å². The van der Waals surface area contributed by atoms with E-state index in [1.807, 2.05) is 12.1 Å². The van der Waals surface area contributed by atoms with Crippen LogP contribution in [-0.4, -0.2) is 9.13 Å². The van der Waals surface area contributed by atoms with Crippen LogP contribution in [0.4, 0.5) is 0 Å². The van der Waals surface area contributed by atoms with Gasteiger partial charge in [-0.05, 0) is 106 Å². The number of furan rings is 2. The van der Waals surface area contributed by atoms with Crippen LogP contribution in [0.3, 0.4) is 0 Å². The third-order valence-electron chi connectivity index (χ3n) is 14.6. The lowest BCUT2D eigenvalue weighted by Crippen LogP contribution is -1.97. The number of rotatable bonds is 6. The van der Waals surface area contributed by atoms with Crippen LogP contribution >= 0.6 is 0 Å². The quantitative estimate of drug-likeness (QED) is 0.167. The number of para-hydroxylation sites is 4. The summed E-state index contributed by atoms with van der Waals surface area (Å²) in [5, 5.41) is 9.20. The minimum Gasteiger partial charge on any atom is -0.455 e. The van der Waals surface area contributed by atoms with Gasteiger partial charge in [0.05, 0.1) is 22.1 Å². The van der Waals surface area contributed by atoms with Gasteiger partial charge in [-0.25, -0.2) is 0 Å². The summed E-state index contributed by atoms with van der Waals surface area (Å²) in [6.45, 7) is 0. The Bertz CT molecular complexity index is 4300. The summed E-state index contributed by atoms with van der Waals surface area (Å²) in [5.74, 6) is 0. The van der Waals surface area contributed by atoms with Gasteiger partial charge in [0.1, 0.15) is 22.3 Å². The van der Waals surface area contributed by atoms with E-state index in [1.54, 1.807) is 0 Å². The highest BCUT2D eigenvalue weighted by molar-refractivity contribution is 6.24. The van der Waals surface area contributed by atoms with E-state index in [0.29, 0.717) is 0 Å². The van der Waals surface area contributed by atoms with Gasteiger partial charge in [-0.3, -0.25) is 0 Å². The molecular weight excluding hydrogens is 853 g/mol. The second kappa shape index (κ2) is 15.1. The normalized spacial score (nSPS) is 12.0. The first kappa shape index (κ1) is 38.7. The number of benzene rings is 11. The number of hydrogen-bond acceptors (Lipinski definition) is 2. The molecule has 0 saturated heterocycles. The minimum absolute atomic E-state index is 0.883. The Balaban J connectivity index is 0.966. The molecule has 0 atom stereocenters. The first-order valence-electron chi connectivity index (χ1n) is 23.9. The van der Waals surface area contributed by atoms with Gasteiger partial charge in [-0.15, -0.1) is 0 Å². The van der Waals surface area contributed by atoms with E-state index in [4.69, 9.17) is 8.83 Å². The standard InChI is InChI=1S/C66H40N2O2/c1-3-15-41(16-4-1)43-31-37-57-55(39-43)56-40-44(42-17-5-2-6-18-42)32-38-58(56)67(57)45-33-35-46(36-34-45)68-59-27-13-21-49(53-25-11-23-51-47-19-7-9-29-61(47)69-65(51)53)63(59)64-50(22-14-28-60(64)68)54-26-12-24-52-48-20-8-10-30-62(48)70-66(52)54/h1-40H. The molecule has 0 aliphatic heterocycles. The summed E-state index contributed by atoms with van der Waals surface area (Å²) in [6, 6.07) is 87.4. The fourth-order valence-electron chi connectivity index (χ4n) is 11.4. The number of nitrogens with zero attached hydrogens (tertiary/aromatic N) is 2. The van der Waals surface area contributed by atoms with Crippen LogP contribution in [0.25, 0.3) is 143 Å². The van der Waals surface area contributed by atoms with Crippen molar-refractivity contribution in [3.63, 3.8) is 0 Å². The third kappa shape index (κ3) is 5.71.